The number of rotatable bonds is 33. The Morgan fingerprint density at radius 1 is 0.660 bits per heavy atom. The van der Waals surface area contributed by atoms with Crippen molar-refractivity contribution in [1.29, 1.82) is 0 Å². The Morgan fingerprint density at radius 2 is 1.15 bits per heavy atom. The molecule has 0 aromatic heterocycles. The van der Waals surface area contributed by atoms with Gasteiger partial charge in [-0.05, 0) is 44.9 Å². The molecule has 0 N–H and O–H groups in total. The molecule has 0 saturated carbocycles. The molecule has 0 heterocycles. The fourth-order valence-corrected chi connectivity index (χ4v) is 5.47. The van der Waals surface area contributed by atoms with Crippen LogP contribution in [0.1, 0.15) is 149 Å². The van der Waals surface area contributed by atoms with Gasteiger partial charge in [-0.2, -0.15) is 0 Å². The number of nitrogens with zero attached hydrogens (tertiary/aromatic N) is 1. The fourth-order valence-electron chi connectivity index (χ4n) is 4.74. The highest BCUT2D eigenvalue weighted by Crippen LogP contribution is 2.38. The Bertz CT molecular complexity index is 871. The molecule has 0 saturated heterocycles. The molecule has 0 aromatic carbocycles. The number of likely N-dealkylation sites (N-methyl/N-ethyl adjacent to an activating group) is 1. The molecule has 47 heavy (non-hydrogen) atoms. The van der Waals surface area contributed by atoms with Gasteiger partial charge >= 0.3 is 11.9 Å². The Hall–Kier alpha value is -1.51. The lowest BCUT2D eigenvalue weighted by atomic mass is 10.1. The summed E-state index contributed by atoms with van der Waals surface area (Å²) in [5, 5.41) is 0. The molecule has 0 rings (SSSR count). The Kier molecular flexibility index (Phi) is 29.6. The predicted molar refractivity (Wildman–Crippen MR) is 190 cm³/mol. The second kappa shape index (κ2) is 30.5. The molecule has 0 amide bonds. The molecule has 0 spiro atoms. The monoisotopic (exact) mass is 687 g/mol. The van der Waals surface area contributed by atoms with Crippen molar-refractivity contribution in [3.63, 3.8) is 0 Å². The maximum atomic E-state index is 12.6. The number of hydrogen-bond donors (Lipinski definition) is 0. The van der Waals surface area contributed by atoms with E-state index in [2.05, 4.69) is 38.2 Å². The van der Waals surface area contributed by atoms with E-state index in [1.807, 2.05) is 21.1 Å². The second-order valence-corrected chi connectivity index (χ2v) is 15.0. The standard InChI is InChI=1S/C37H70NO8P/c1-6-8-10-12-14-15-16-17-18-19-20-21-22-23-24-26-28-30-37(40)46-35(33-43-36(39)29-27-25-13-11-9-7-2)34-45-47(41,42)44-32-31-38(3,4)5/h14-15,17-18,35H,6-13,16,19-34H2,1-5H3/b15-14-,18-17-. The minimum Gasteiger partial charge on any atom is -0.756 e. The van der Waals surface area contributed by atoms with E-state index in [0.29, 0.717) is 17.4 Å². The van der Waals surface area contributed by atoms with Crippen LogP contribution in [0.15, 0.2) is 24.3 Å². The van der Waals surface area contributed by atoms with Crippen LogP contribution in [0.25, 0.3) is 0 Å². The van der Waals surface area contributed by atoms with Crippen LogP contribution < -0.4 is 4.89 Å². The van der Waals surface area contributed by atoms with E-state index in [9.17, 15) is 19.0 Å². The van der Waals surface area contributed by atoms with E-state index in [1.54, 1.807) is 0 Å². The number of allylic oxidation sites excluding steroid dienone is 4. The summed E-state index contributed by atoms with van der Waals surface area (Å²) >= 11 is 0. The fraction of sp³-hybridized carbons (Fsp3) is 0.838. The van der Waals surface area contributed by atoms with Crippen molar-refractivity contribution in [2.24, 2.45) is 0 Å². The molecule has 10 heteroatoms. The second-order valence-electron chi connectivity index (χ2n) is 13.6. The molecule has 0 aliphatic rings. The van der Waals surface area contributed by atoms with Gasteiger partial charge < -0.3 is 27.9 Å². The van der Waals surface area contributed by atoms with E-state index >= 15 is 0 Å². The normalized spacial score (nSPS) is 14.1. The average Bonchev–Trinajstić information content (AvgIpc) is 3.01. The first kappa shape index (κ1) is 45.5. The Labute approximate surface area is 288 Å². The van der Waals surface area contributed by atoms with E-state index < -0.39 is 32.5 Å². The van der Waals surface area contributed by atoms with Crippen molar-refractivity contribution in [2.75, 3.05) is 47.5 Å². The number of esters is 2. The lowest BCUT2D eigenvalue weighted by Crippen LogP contribution is -2.37. The Morgan fingerprint density at radius 3 is 1.72 bits per heavy atom. The van der Waals surface area contributed by atoms with Crippen molar-refractivity contribution < 1.29 is 42.1 Å². The van der Waals surface area contributed by atoms with Crippen LogP contribution in [0, 0.1) is 0 Å². The minimum absolute atomic E-state index is 0.0316. The lowest BCUT2D eigenvalue weighted by molar-refractivity contribution is -0.870. The first-order valence-electron chi connectivity index (χ1n) is 18.5. The molecule has 0 fully saturated rings. The van der Waals surface area contributed by atoms with Crippen molar-refractivity contribution >= 4 is 19.8 Å². The van der Waals surface area contributed by atoms with Crippen LogP contribution >= 0.6 is 7.82 Å². The summed E-state index contributed by atoms with van der Waals surface area (Å²) in [7, 11) is 1.16. The molecular formula is C37H70NO8P. The summed E-state index contributed by atoms with van der Waals surface area (Å²) in [6.45, 7) is 4.10. The van der Waals surface area contributed by atoms with Crippen LogP contribution in [0.5, 0.6) is 0 Å². The van der Waals surface area contributed by atoms with E-state index in [0.717, 1.165) is 64.2 Å². The first-order valence-corrected chi connectivity index (χ1v) is 20.0. The van der Waals surface area contributed by atoms with Crippen molar-refractivity contribution in [3.05, 3.63) is 24.3 Å². The van der Waals surface area contributed by atoms with Crippen LogP contribution in [-0.2, 0) is 32.7 Å². The van der Waals surface area contributed by atoms with Gasteiger partial charge in [0.2, 0.25) is 0 Å². The molecule has 9 nitrogen and oxygen atoms in total. The summed E-state index contributed by atoms with van der Waals surface area (Å²) < 4.78 is 33.6. The van der Waals surface area contributed by atoms with Crippen LogP contribution in [0.3, 0.4) is 0 Å². The molecule has 0 aliphatic carbocycles. The summed E-state index contributed by atoms with van der Waals surface area (Å²) in [5.74, 6) is -0.854. The molecule has 2 atom stereocenters. The zero-order chi connectivity index (χ0) is 35.1. The number of carbonyl (C=O) groups excluding carboxylic acids is 2. The number of carbonyl (C=O) groups is 2. The SMILES string of the molecule is CCCCC/C=C\C/C=C\CCCCCCCCCC(=O)OC(COC(=O)CCCCCCCC)COP(=O)([O-])OCC[N+](C)(C)C. The molecule has 0 aromatic rings. The van der Waals surface area contributed by atoms with E-state index in [-0.39, 0.29) is 26.1 Å². The zero-order valence-electron chi connectivity index (χ0n) is 30.7. The highest BCUT2D eigenvalue weighted by atomic mass is 31.2. The molecule has 0 radical (unpaired) electrons. The van der Waals surface area contributed by atoms with Gasteiger partial charge in [0.15, 0.2) is 6.10 Å². The summed E-state index contributed by atoms with van der Waals surface area (Å²) in [5.41, 5.74) is 0. The number of quaternary nitrogens is 1. The van der Waals surface area contributed by atoms with Gasteiger partial charge in [-0.1, -0.05) is 115 Å². The van der Waals surface area contributed by atoms with Crippen molar-refractivity contribution in [2.45, 2.75) is 155 Å². The zero-order valence-corrected chi connectivity index (χ0v) is 31.6. The summed E-state index contributed by atoms with van der Waals surface area (Å²) in [6.07, 6.45) is 29.4. The number of unbranched alkanes of at least 4 members (excludes halogenated alkanes) is 15. The summed E-state index contributed by atoms with van der Waals surface area (Å²) in [4.78, 5) is 37.1. The van der Waals surface area contributed by atoms with Gasteiger partial charge in [0.05, 0.1) is 27.7 Å². The lowest BCUT2D eigenvalue weighted by Gasteiger charge is -2.28. The van der Waals surface area contributed by atoms with Crippen molar-refractivity contribution in [3.8, 4) is 0 Å². The molecule has 2 unspecified atom stereocenters. The van der Waals surface area contributed by atoms with Gasteiger partial charge in [-0.25, -0.2) is 0 Å². The smallest absolute Gasteiger partial charge is 0.306 e. The maximum absolute atomic E-state index is 12.6. The molecule has 276 valence electrons. The third kappa shape index (κ3) is 34.2. The highest BCUT2D eigenvalue weighted by molar-refractivity contribution is 7.45. The number of phosphoric ester groups is 1. The van der Waals surface area contributed by atoms with E-state index in [4.69, 9.17) is 18.5 Å². The molecule has 0 bridgehead atoms. The average molecular weight is 688 g/mol. The third-order valence-electron chi connectivity index (χ3n) is 7.72. The van der Waals surface area contributed by atoms with Crippen LogP contribution in [-0.4, -0.2) is 70.0 Å². The highest BCUT2D eigenvalue weighted by Gasteiger charge is 2.21. The largest absolute Gasteiger partial charge is 0.756 e. The predicted octanol–water partition coefficient (Wildman–Crippen LogP) is 8.99. The van der Waals surface area contributed by atoms with Crippen molar-refractivity contribution in [1.82, 2.24) is 0 Å². The minimum atomic E-state index is -4.61. The number of ether oxygens (including phenoxy) is 2. The summed E-state index contributed by atoms with van der Waals surface area (Å²) in [6, 6.07) is 0. The number of hydrogen-bond acceptors (Lipinski definition) is 8. The quantitative estimate of drug-likeness (QED) is 0.0221. The topological polar surface area (TPSA) is 111 Å². The Balaban J connectivity index is 4.36. The van der Waals surface area contributed by atoms with Gasteiger partial charge in [0.1, 0.15) is 19.8 Å². The van der Waals surface area contributed by atoms with Crippen LogP contribution in [0.2, 0.25) is 0 Å². The van der Waals surface area contributed by atoms with Gasteiger partial charge in [0, 0.05) is 12.8 Å². The van der Waals surface area contributed by atoms with Gasteiger partial charge in [-0.15, -0.1) is 0 Å². The first-order chi connectivity index (χ1) is 22.5. The third-order valence-corrected chi connectivity index (χ3v) is 8.69. The number of phosphoric acid groups is 1. The van der Waals surface area contributed by atoms with Gasteiger partial charge in [-0.3, -0.25) is 14.2 Å². The van der Waals surface area contributed by atoms with Gasteiger partial charge in [0.25, 0.3) is 7.82 Å². The van der Waals surface area contributed by atoms with E-state index in [1.165, 1.54) is 51.4 Å². The molecular weight excluding hydrogens is 617 g/mol. The molecule has 0 aliphatic heterocycles. The maximum Gasteiger partial charge on any atom is 0.306 e. The van der Waals surface area contributed by atoms with Crippen LogP contribution in [0.4, 0.5) is 0 Å².